The number of ether oxygens (including phenoxy) is 2. The van der Waals surface area contributed by atoms with E-state index in [-0.39, 0.29) is 28.5 Å². The van der Waals surface area contributed by atoms with Crippen molar-refractivity contribution in [3.8, 4) is 28.7 Å². The fourth-order valence-corrected chi connectivity index (χ4v) is 8.67. The van der Waals surface area contributed by atoms with E-state index in [4.69, 9.17) is 9.47 Å². The van der Waals surface area contributed by atoms with Gasteiger partial charge in [-0.1, -0.05) is 32.1 Å². The van der Waals surface area contributed by atoms with Crippen LogP contribution in [0.15, 0.2) is 53.0 Å². The van der Waals surface area contributed by atoms with Crippen LogP contribution in [-0.4, -0.2) is 73.9 Å². The van der Waals surface area contributed by atoms with Crippen molar-refractivity contribution in [3.05, 3.63) is 86.3 Å². The number of nitriles is 1. The van der Waals surface area contributed by atoms with Crippen molar-refractivity contribution in [1.82, 2.24) is 14.4 Å². The molecular formula is C43H54FN5O4. The van der Waals surface area contributed by atoms with Crippen LogP contribution in [0.3, 0.4) is 0 Å². The molecule has 4 heterocycles. The Labute approximate surface area is 313 Å². The van der Waals surface area contributed by atoms with Crippen LogP contribution in [0.5, 0.6) is 11.5 Å². The Morgan fingerprint density at radius 2 is 1.72 bits per heavy atom. The highest BCUT2D eigenvalue weighted by Gasteiger charge is 2.42. The third-order valence-corrected chi connectivity index (χ3v) is 12.1. The summed E-state index contributed by atoms with van der Waals surface area (Å²) in [5, 5.41) is 9.78. The molecule has 3 aliphatic heterocycles. The maximum Gasteiger partial charge on any atom is 0.264 e. The molecule has 0 radical (unpaired) electrons. The molecule has 1 unspecified atom stereocenters. The number of halogens is 1. The molecular weight excluding hydrogens is 670 g/mol. The summed E-state index contributed by atoms with van der Waals surface area (Å²) in [5.74, 6) is 1.24. The van der Waals surface area contributed by atoms with Crippen LogP contribution in [0.25, 0.3) is 11.1 Å². The second-order valence-corrected chi connectivity index (χ2v) is 16.1. The molecule has 282 valence electrons. The van der Waals surface area contributed by atoms with Crippen molar-refractivity contribution < 1.29 is 18.7 Å². The van der Waals surface area contributed by atoms with E-state index in [1.165, 1.54) is 17.3 Å². The number of benzene rings is 2. The number of alkyl halides is 1. The van der Waals surface area contributed by atoms with E-state index in [9.17, 15) is 19.2 Å². The molecule has 0 bridgehead atoms. The van der Waals surface area contributed by atoms with E-state index >= 15 is 0 Å². The van der Waals surface area contributed by atoms with Gasteiger partial charge in [-0.2, -0.15) is 5.26 Å². The zero-order valence-electron chi connectivity index (χ0n) is 32.6. The molecule has 1 aromatic heterocycles. The van der Waals surface area contributed by atoms with E-state index < -0.39 is 12.1 Å². The summed E-state index contributed by atoms with van der Waals surface area (Å²) in [6.45, 7) is 13.8. The first kappa shape index (κ1) is 38.1. The molecule has 10 heteroatoms. The first-order chi connectivity index (χ1) is 25.2. The zero-order chi connectivity index (χ0) is 38.2. The van der Waals surface area contributed by atoms with Gasteiger partial charge in [0.2, 0.25) is 0 Å². The molecule has 0 N–H and O–H groups in total. The standard InChI is InChI=1S/C43H54FN5O4/c1-28-29(2)40(50)46(6)24-35(28)31-20-38(52-7)36(39(21-31)53-8)25-47-17-13-43(14-18-47)15-19-48(27-43)37-11-9-10-33-30(3)49(16-12-34(33)37)41(51)32(23-45)22-42(4,5)26-44/h9-11,20-22,24,30H,12-19,25-27H2,1-8H3/b32-22-. The molecule has 0 aliphatic carbocycles. The quantitative estimate of drug-likeness (QED) is 0.172. The Balaban J connectivity index is 1.14. The van der Waals surface area contributed by atoms with Gasteiger partial charge in [0, 0.05) is 61.7 Å². The van der Waals surface area contributed by atoms with Gasteiger partial charge in [-0.25, -0.2) is 0 Å². The molecule has 1 amide bonds. The minimum atomic E-state index is -0.872. The monoisotopic (exact) mass is 723 g/mol. The SMILES string of the molecule is COc1cc(-c2cn(C)c(=O)c(C)c2C)cc(OC)c1CN1CCC2(CC1)CCN(c1cccc3c1CCN(C(=O)/C(C#N)=C\C(C)(C)CF)C3C)C2. The number of nitrogens with zero attached hydrogens (tertiary/aromatic N) is 5. The van der Waals surface area contributed by atoms with E-state index in [2.05, 4.69) is 40.1 Å². The summed E-state index contributed by atoms with van der Waals surface area (Å²) in [6, 6.07) is 12.4. The maximum atomic E-state index is 13.5. The number of rotatable bonds is 9. The van der Waals surface area contributed by atoms with Crippen LogP contribution in [0.1, 0.15) is 73.9 Å². The Morgan fingerprint density at radius 3 is 2.34 bits per heavy atom. The Morgan fingerprint density at radius 1 is 1.06 bits per heavy atom. The topological polar surface area (TPSA) is 91.0 Å². The maximum absolute atomic E-state index is 13.5. The smallest absolute Gasteiger partial charge is 0.264 e. The number of amides is 1. The molecule has 2 aromatic carbocycles. The number of allylic oxidation sites excluding steroid dienone is 1. The molecule has 3 aliphatic rings. The number of aryl methyl sites for hydroxylation is 1. The van der Waals surface area contributed by atoms with Gasteiger partial charge in [0.25, 0.3) is 11.5 Å². The summed E-state index contributed by atoms with van der Waals surface area (Å²) in [5.41, 5.74) is 7.72. The molecule has 2 fully saturated rings. The highest BCUT2D eigenvalue weighted by molar-refractivity contribution is 5.97. The van der Waals surface area contributed by atoms with Crippen molar-refractivity contribution in [1.29, 1.82) is 5.26 Å². The second-order valence-electron chi connectivity index (χ2n) is 16.1. The van der Waals surface area contributed by atoms with Crippen LogP contribution in [0.4, 0.5) is 10.1 Å². The minimum Gasteiger partial charge on any atom is -0.496 e. The van der Waals surface area contributed by atoms with Crippen LogP contribution in [0, 0.1) is 36.0 Å². The van der Waals surface area contributed by atoms with E-state index in [0.717, 1.165) is 96.9 Å². The molecule has 6 rings (SSSR count). The first-order valence-electron chi connectivity index (χ1n) is 18.8. The van der Waals surface area contributed by atoms with Crippen LogP contribution in [-0.2, 0) is 24.8 Å². The van der Waals surface area contributed by atoms with Gasteiger partial charge in [0.15, 0.2) is 0 Å². The molecule has 53 heavy (non-hydrogen) atoms. The lowest BCUT2D eigenvalue weighted by Gasteiger charge is -2.40. The van der Waals surface area contributed by atoms with Crippen molar-refractivity contribution >= 4 is 11.6 Å². The van der Waals surface area contributed by atoms with Crippen LogP contribution >= 0.6 is 0 Å². The number of carbonyl (C=O) groups excluding carboxylic acids is 1. The number of methoxy groups -OCH3 is 2. The predicted molar refractivity (Wildman–Crippen MR) is 207 cm³/mol. The Bertz CT molecular complexity index is 1990. The normalized spacial score (nSPS) is 18.9. The van der Waals surface area contributed by atoms with E-state index in [0.29, 0.717) is 13.0 Å². The summed E-state index contributed by atoms with van der Waals surface area (Å²) in [4.78, 5) is 32.8. The molecule has 2 saturated heterocycles. The highest BCUT2D eigenvalue weighted by atomic mass is 19.1. The third-order valence-electron chi connectivity index (χ3n) is 12.1. The Hall–Kier alpha value is -4.62. The number of hydrogen-bond donors (Lipinski definition) is 0. The number of likely N-dealkylation sites (tertiary alicyclic amines) is 1. The number of hydrogen-bond acceptors (Lipinski definition) is 7. The summed E-state index contributed by atoms with van der Waals surface area (Å²) in [6.07, 6.45) is 7.44. The third kappa shape index (κ3) is 7.33. The van der Waals surface area contributed by atoms with E-state index in [1.54, 1.807) is 44.6 Å². The predicted octanol–water partition coefficient (Wildman–Crippen LogP) is 7.07. The molecule has 1 spiro atoms. The largest absolute Gasteiger partial charge is 0.496 e. The number of pyridine rings is 1. The fourth-order valence-electron chi connectivity index (χ4n) is 8.67. The average Bonchev–Trinajstić information content (AvgIpc) is 3.58. The number of aromatic nitrogens is 1. The van der Waals surface area contributed by atoms with Gasteiger partial charge < -0.3 is 23.8 Å². The number of fused-ring (bicyclic) bond motifs is 1. The zero-order valence-corrected chi connectivity index (χ0v) is 32.6. The second kappa shape index (κ2) is 15.0. The van der Waals surface area contributed by atoms with Crippen molar-refractivity contribution in [2.75, 3.05) is 58.5 Å². The first-order valence-corrected chi connectivity index (χ1v) is 18.8. The van der Waals surface area contributed by atoms with E-state index in [1.807, 2.05) is 33.0 Å². The molecule has 1 atom stereocenters. The summed E-state index contributed by atoms with van der Waals surface area (Å²) < 4.78 is 27.1. The molecule has 3 aromatic rings. The van der Waals surface area contributed by atoms with Gasteiger partial charge in [0.1, 0.15) is 23.1 Å². The van der Waals surface area contributed by atoms with Gasteiger partial charge in [-0.05, 0) is 105 Å². The molecule has 9 nitrogen and oxygen atoms in total. The van der Waals surface area contributed by atoms with Gasteiger partial charge in [-0.3, -0.25) is 18.9 Å². The lowest BCUT2D eigenvalue weighted by atomic mass is 9.77. The van der Waals surface area contributed by atoms with Gasteiger partial charge in [0.05, 0.1) is 32.5 Å². The van der Waals surface area contributed by atoms with Gasteiger partial charge >= 0.3 is 0 Å². The van der Waals surface area contributed by atoms with Crippen molar-refractivity contribution in [3.63, 3.8) is 0 Å². The van der Waals surface area contributed by atoms with Crippen LogP contribution in [0.2, 0.25) is 0 Å². The minimum absolute atomic E-state index is 0.00675. The van der Waals surface area contributed by atoms with Crippen molar-refractivity contribution in [2.24, 2.45) is 17.9 Å². The average molecular weight is 724 g/mol. The summed E-state index contributed by atoms with van der Waals surface area (Å²) in [7, 11) is 5.19. The lowest BCUT2D eigenvalue weighted by molar-refractivity contribution is -0.129. The Kier molecular flexibility index (Phi) is 10.8. The molecule has 0 saturated carbocycles. The number of anilines is 1. The van der Waals surface area contributed by atoms with Crippen molar-refractivity contribution in [2.45, 2.75) is 72.9 Å². The lowest BCUT2D eigenvalue weighted by Crippen LogP contribution is -2.42. The summed E-state index contributed by atoms with van der Waals surface area (Å²) >= 11 is 0. The number of piperidine rings is 1. The fraction of sp³-hybridized carbons (Fsp3) is 0.512. The highest BCUT2D eigenvalue weighted by Crippen LogP contribution is 2.46. The van der Waals surface area contributed by atoms with Gasteiger partial charge in [-0.15, -0.1) is 0 Å². The van der Waals surface area contributed by atoms with Crippen LogP contribution < -0.4 is 19.9 Å². The number of carbonyl (C=O) groups is 1.